The summed E-state index contributed by atoms with van der Waals surface area (Å²) >= 11 is 0. The number of nitrogens with one attached hydrogen (secondary N) is 2. The van der Waals surface area contributed by atoms with Crippen LogP contribution in [-0.4, -0.2) is 34.9 Å². The van der Waals surface area contributed by atoms with Crippen LogP contribution in [0.4, 0.5) is 18.0 Å². The van der Waals surface area contributed by atoms with E-state index in [-0.39, 0.29) is 37.3 Å². The molecular formula is C17H25F3N2O3. The van der Waals surface area contributed by atoms with Crippen LogP contribution in [0.3, 0.4) is 0 Å². The number of amides is 2. The molecule has 4 aliphatic carbocycles. The van der Waals surface area contributed by atoms with Gasteiger partial charge in [0, 0.05) is 11.6 Å². The van der Waals surface area contributed by atoms with Gasteiger partial charge in [0.25, 0.3) is 0 Å². The van der Waals surface area contributed by atoms with E-state index in [1.54, 1.807) is 0 Å². The fraction of sp³-hybridized carbons (Fsp3) is 0.882. The van der Waals surface area contributed by atoms with Gasteiger partial charge >= 0.3 is 18.2 Å². The molecule has 4 rings (SSSR count). The van der Waals surface area contributed by atoms with Crippen molar-refractivity contribution in [2.75, 3.05) is 0 Å². The Bertz CT molecular complexity index is 517. The predicted octanol–water partition coefficient (Wildman–Crippen LogP) is 3.58. The first-order valence-electron chi connectivity index (χ1n) is 9.03. The zero-order chi connectivity index (χ0) is 18.3. The van der Waals surface area contributed by atoms with Crippen LogP contribution < -0.4 is 10.6 Å². The monoisotopic (exact) mass is 362 g/mol. The van der Waals surface area contributed by atoms with Gasteiger partial charge in [-0.2, -0.15) is 13.2 Å². The van der Waals surface area contributed by atoms with E-state index in [9.17, 15) is 22.8 Å². The Balaban J connectivity index is 1.49. The molecule has 3 N–H and O–H groups in total. The lowest BCUT2D eigenvalue weighted by molar-refractivity contribution is -0.253. The number of hydrogen-bond acceptors (Lipinski definition) is 2. The van der Waals surface area contributed by atoms with Gasteiger partial charge in [-0.15, -0.1) is 0 Å². The van der Waals surface area contributed by atoms with Gasteiger partial charge in [0.05, 0.1) is 11.3 Å². The van der Waals surface area contributed by atoms with E-state index in [4.69, 9.17) is 5.11 Å². The quantitative estimate of drug-likeness (QED) is 0.718. The molecule has 0 aromatic rings. The number of hydrogen-bond donors (Lipinski definition) is 3. The lowest BCUT2D eigenvalue weighted by atomic mass is 9.57. The Hall–Kier alpha value is -1.47. The fourth-order valence-electron chi connectivity index (χ4n) is 4.75. The van der Waals surface area contributed by atoms with Crippen molar-refractivity contribution in [1.82, 2.24) is 10.6 Å². The summed E-state index contributed by atoms with van der Waals surface area (Å²) in [4.78, 5) is 23.2. The maximum Gasteiger partial charge on any atom is 0.394 e. The molecule has 5 nitrogen and oxygen atoms in total. The largest absolute Gasteiger partial charge is 0.481 e. The Labute approximate surface area is 144 Å². The molecule has 0 spiro atoms. The maximum atomic E-state index is 13.3. The molecule has 4 fully saturated rings. The number of carbonyl (C=O) groups is 2. The normalized spacial score (nSPS) is 38.2. The summed E-state index contributed by atoms with van der Waals surface area (Å²) in [7, 11) is 0. The molecule has 0 saturated heterocycles. The van der Waals surface area contributed by atoms with Gasteiger partial charge in [-0.25, -0.2) is 4.79 Å². The van der Waals surface area contributed by atoms with Crippen molar-refractivity contribution in [3.05, 3.63) is 0 Å². The highest BCUT2D eigenvalue weighted by Gasteiger charge is 2.61. The fourth-order valence-corrected chi connectivity index (χ4v) is 4.75. The van der Waals surface area contributed by atoms with E-state index in [1.807, 2.05) is 0 Å². The van der Waals surface area contributed by atoms with Crippen molar-refractivity contribution in [3.8, 4) is 0 Å². The van der Waals surface area contributed by atoms with E-state index >= 15 is 0 Å². The Morgan fingerprint density at radius 2 is 1.44 bits per heavy atom. The molecule has 8 heteroatoms. The summed E-state index contributed by atoms with van der Waals surface area (Å²) in [6.07, 6.45) is -0.489. The first-order valence-corrected chi connectivity index (χ1v) is 9.03. The minimum atomic E-state index is -4.16. The minimum Gasteiger partial charge on any atom is -0.481 e. The number of carboxylic acids is 1. The second kappa shape index (κ2) is 6.36. The molecular weight excluding hydrogens is 337 g/mol. The third-order valence-electron chi connectivity index (χ3n) is 6.64. The van der Waals surface area contributed by atoms with Gasteiger partial charge in [-0.3, -0.25) is 4.79 Å². The van der Waals surface area contributed by atoms with E-state index < -0.39 is 23.1 Å². The summed E-state index contributed by atoms with van der Waals surface area (Å²) in [6, 6.07) is -0.395. The third kappa shape index (κ3) is 3.58. The van der Waals surface area contributed by atoms with Crippen molar-refractivity contribution >= 4 is 12.0 Å². The van der Waals surface area contributed by atoms with Crippen molar-refractivity contribution in [2.45, 2.75) is 82.0 Å². The average Bonchev–Trinajstić information content (AvgIpc) is 2.55. The summed E-state index contributed by atoms with van der Waals surface area (Å²) < 4.78 is 39.8. The zero-order valence-electron chi connectivity index (χ0n) is 14.1. The van der Waals surface area contributed by atoms with Crippen molar-refractivity contribution in [2.24, 2.45) is 11.3 Å². The van der Waals surface area contributed by atoms with Crippen LogP contribution in [0.2, 0.25) is 0 Å². The van der Waals surface area contributed by atoms with E-state index in [0.29, 0.717) is 44.9 Å². The first kappa shape index (κ1) is 18.3. The number of carboxylic acid groups (broad SMARTS) is 1. The van der Waals surface area contributed by atoms with Crippen molar-refractivity contribution in [1.29, 1.82) is 0 Å². The molecule has 0 atom stereocenters. The average molecular weight is 362 g/mol. The molecule has 4 aliphatic rings. The lowest BCUT2D eigenvalue weighted by Gasteiger charge is -2.53. The molecule has 142 valence electrons. The van der Waals surface area contributed by atoms with E-state index in [2.05, 4.69) is 10.6 Å². The van der Waals surface area contributed by atoms with Crippen molar-refractivity contribution < 1.29 is 27.9 Å². The SMILES string of the molecule is O=C(NC1CCC(C(=O)O)CC1)NC12CCC(C(F)(F)F)(CC1)CC2. The molecule has 25 heavy (non-hydrogen) atoms. The molecule has 0 aliphatic heterocycles. The number of alkyl halides is 3. The Morgan fingerprint density at radius 1 is 0.920 bits per heavy atom. The van der Waals surface area contributed by atoms with Gasteiger partial charge < -0.3 is 15.7 Å². The van der Waals surface area contributed by atoms with Gasteiger partial charge in [-0.05, 0) is 64.2 Å². The topological polar surface area (TPSA) is 78.4 Å². The molecule has 0 unspecified atom stereocenters. The van der Waals surface area contributed by atoms with E-state index in [0.717, 1.165) is 0 Å². The van der Waals surface area contributed by atoms with Gasteiger partial charge in [-0.1, -0.05) is 0 Å². The summed E-state index contributed by atoms with van der Waals surface area (Å²) in [5.74, 6) is -1.13. The number of halogens is 3. The van der Waals surface area contributed by atoms with Crippen LogP contribution in [0, 0.1) is 11.3 Å². The molecule has 0 radical (unpaired) electrons. The second-order valence-corrected chi connectivity index (χ2v) is 8.04. The predicted molar refractivity (Wildman–Crippen MR) is 84.0 cm³/mol. The van der Waals surface area contributed by atoms with Gasteiger partial charge in [0.1, 0.15) is 0 Å². The van der Waals surface area contributed by atoms with Crippen LogP contribution in [0.1, 0.15) is 64.2 Å². The number of carbonyl (C=O) groups excluding carboxylic acids is 1. The highest BCUT2D eigenvalue weighted by molar-refractivity contribution is 5.75. The number of rotatable bonds is 3. The number of aliphatic carboxylic acids is 1. The van der Waals surface area contributed by atoms with Crippen LogP contribution in [0.5, 0.6) is 0 Å². The molecule has 0 heterocycles. The van der Waals surface area contributed by atoms with Crippen LogP contribution in [0.15, 0.2) is 0 Å². The molecule has 2 amide bonds. The lowest BCUT2D eigenvalue weighted by Crippen LogP contribution is -2.61. The van der Waals surface area contributed by atoms with Gasteiger partial charge in [0.2, 0.25) is 0 Å². The molecule has 0 aromatic carbocycles. The third-order valence-corrected chi connectivity index (χ3v) is 6.64. The highest BCUT2D eigenvalue weighted by atomic mass is 19.4. The molecule has 2 bridgehead atoms. The molecule has 4 saturated carbocycles. The zero-order valence-corrected chi connectivity index (χ0v) is 14.1. The standard InChI is InChI=1S/C17H25F3N2O3/c18-17(19,20)15-5-8-16(9-6-15,10-7-15)22-14(25)21-12-3-1-11(2-4-12)13(23)24/h11-12H,1-10H2,(H,23,24)(H2,21,22,25). The summed E-state index contributed by atoms with van der Waals surface area (Å²) in [5.41, 5.74) is -2.07. The number of urea groups is 1. The minimum absolute atomic E-state index is 0.0616. The van der Waals surface area contributed by atoms with Crippen LogP contribution in [0.25, 0.3) is 0 Å². The highest BCUT2D eigenvalue weighted by Crippen LogP contribution is 2.59. The summed E-state index contributed by atoms with van der Waals surface area (Å²) in [6.45, 7) is 0. The van der Waals surface area contributed by atoms with Crippen LogP contribution >= 0.6 is 0 Å². The molecule has 0 aromatic heterocycles. The van der Waals surface area contributed by atoms with Crippen LogP contribution in [-0.2, 0) is 4.79 Å². The second-order valence-electron chi connectivity index (χ2n) is 8.04. The Morgan fingerprint density at radius 3 is 1.88 bits per heavy atom. The maximum absolute atomic E-state index is 13.3. The Kier molecular flexibility index (Phi) is 4.66. The summed E-state index contributed by atoms with van der Waals surface area (Å²) in [5, 5.41) is 14.8. The number of fused-ring (bicyclic) bond motifs is 3. The van der Waals surface area contributed by atoms with E-state index in [1.165, 1.54) is 0 Å². The van der Waals surface area contributed by atoms with Gasteiger partial charge in [0.15, 0.2) is 0 Å². The smallest absolute Gasteiger partial charge is 0.394 e. The first-order chi connectivity index (χ1) is 11.6. The van der Waals surface area contributed by atoms with Crippen molar-refractivity contribution in [3.63, 3.8) is 0 Å².